The van der Waals surface area contributed by atoms with Crippen LogP contribution in [0, 0.1) is 0 Å². The van der Waals surface area contributed by atoms with Crippen LogP contribution in [0.15, 0.2) is 192 Å². The van der Waals surface area contributed by atoms with Gasteiger partial charge in [0, 0.05) is 32.9 Å². The Morgan fingerprint density at radius 1 is 0.382 bits per heavy atom. The first-order valence-electron chi connectivity index (χ1n) is 19.1. The number of rotatable bonds is 5. The SMILES string of the molecule is CC1(C)c2ccccc2-c2c(-c3ccc(N(c4ccc(-c5cccc6ccccc56)cc4)c4cccc5c4oc4c6ccccc6ccc54)cc3)cccc21. The van der Waals surface area contributed by atoms with Crippen molar-refractivity contribution in [2.75, 3.05) is 4.90 Å². The number of para-hydroxylation sites is 1. The molecule has 0 bridgehead atoms. The average molecular weight is 704 g/mol. The Balaban J connectivity index is 1.08. The molecule has 1 aliphatic carbocycles. The monoisotopic (exact) mass is 703 g/mol. The molecule has 1 aliphatic rings. The van der Waals surface area contributed by atoms with Gasteiger partial charge in [0.05, 0.1) is 5.69 Å². The van der Waals surface area contributed by atoms with E-state index in [4.69, 9.17) is 4.42 Å². The van der Waals surface area contributed by atoms with Gasteiger partial charge in [0.2, 0.25) is 0 Å². The lowest BCUT2D eigenvalue weighted by Crippen LogP contribution is -2.14. The molecule has 260 valence electrons. The van der Waals surface area contributed by atoms with Gasteiger partial charge in [-0.2, -0.15) is 0 Å². The highest BCUT2D eigenvalue weighted by Crippen LogP contribution is 2.52. The Morgan fingerprint density at radius 3 is 1.69 bits per heavy atom. The predicted octanol–water partition coefficient (Wildman–Crippen LogP) is 15.0. The van der Waals surface area contributed by atoms with Crippen molar-refractivity contribution < 1.29 is 4.42 Å². The minimum atomic E-state index is -0.0481. The van der Waals surface area contributed by atoms with E-state index in [2.05, 4.69) is 207 Å². The molecule has 0 fully saturated rings. The standard InChI is InChI=1S/C53H37NO/c1-53(2)47-21-8-7-17-46(47)50-42(19-10-22-48(50)53)37-26-31-39(32-27-37)54(38-29-24-36(25-30-38)41-18-9-14-34-12-3-5-15-40(34)41)49-23-11-20-44-45-33-28-35-13-4-6-16-43(35)51(45)55-52(44)49/h3-33H,1-2H3. The van der Waals surface area contributed by atoms with E-state index in [9.17, 15) is 0 Å². The lowest BCUT2D eigenvalue weighted by Gasteiger charge is -2.26. The van der Waals surface area contributed by atoms with Crippen LogP contribution in [0.25, 0.3) is 76.9 Å². The van der Waals surface area contributed by atoms with Gasteiger partial charge in [0.1, 0.15) is 5.58 Å². The lowest BCUT2D eigenvalue weighted by atomic mass is 9.82. The summed E-state index contributed by atoms with van der Waals surface area (Å²) >= 11 is 0. The summed E-state index contributed by atoms with van der Waals surface area (Å²) in [5.41, 5.74) is 15.2. The van der Waals surface area contributed by atoms with Crippen LogP contribution in [0.4, 0.5) is 17.1 Å². The summed E-state index contributed by atoms with van der Waals surface area (Å²) < 4.78 is 6.92. The first-order chi connectivity index (χ1) is 27.0. The topological polar surface area (TPSA) is 16.4 Å². The molecule has 0 atom stereocenters. The van der Waals surface area contributed by atoms with Crippen molar-refractivity contribution in [3.8, 4) is 33.4 Å². The molecule has 0 aliphatic heterocycles. The van der Waals surface area contributed by atoms with Crippen molar-refractivity contribution >= 4 is 60.5 Å². The van der Waals surface area contributed by atoms with Crippen LogP contribution in [-0.2, 0) is 5.41 Å². The molecule has 55 heavy (non-hydrogen) atoms. The van der Waals surface area contributed by atoms with Gasteiger partial charge >= 0.3 is 0 Å². The van der Waals surface area contributed by atoms with Crippen LogP contribution in [0.5, 0.6) is 0 Å². The Bertz CT molecular complexity index is 3110. The number of nitrogens with zero attached hydrogens (tertiary/aromatic N) is 1. The molecule has 0 unspecified atom stereocenters. The molecule has 0 radical (unpaired) electrons. The van der Waals surface area contributed by atoms with Gasteiger partial charge in [-0.15, -0.1) is 0 Å². The van der Waals surface area contributed by atoms with Gasteiger partial charge < -0.3 is 9.32 Å². The molecule has 0 amide bonds. The molecule has 0 saturated carbocycles. The highest BCUT2D eigenvalue weighted by Gasteiger charge is 2.36. The smallest absolute Gasteiger partial charge is 0.159 e. The summed E-state index contributed by atoms with van der Waals surface area (Å²) in [4.78, 5) is 2.34. The molecule has 2 heteroatoms. The number of hydrogen-bond donors (Lipinski definition) is 0. The van der Waals surface area contributed by atoms with E-state index in [1.165, 1.54) is 60.7 Å². The molecular formula is C53H37NO. The van der Waals surface area contributed by atoms with Gasteiger partial charge in [-0.1, -0.05) is 166 Å². The third-order valence-electron chi connectivity index (χ3n) is 11.9. The molecule has 1 heterocycles. The van der Waals surface area contributed by atoms with Crippen molar-refractivity contribution in [3.05, 3.63) is 199 Å². The maximum absolute atomic E-state index is 6.92. The molecule has 10 aromatic rings. The highest BCUT2D eigenvalue weighted by molar-refractivity contribution is 6.17. The second-order valence-electron chi connectivity index (χ2n) is 15.3. The number of fused-ring (bicyclic) bond motifs is 9. The molecule has 2 nitrogen and oxygen atoms in total. The third-order valence-corrected chi connectivity index (χ3v) is 11.9. The summed E-state index contributed by atoms with van der Waals surface area (Å²) in [6.07, 6.45) is 0. The Kier molecular flexibility index (Phi) is 6.93. The highest BCUT2D eigenvalue weighted by atomic mass is 16.3. The first kappa shape index (κ1) is 31.6. The van der Waals surface area contributed by atoms with Crippen molar-refractivity contribution in [1.82, 2.24) is 0 Å². The van der Waals surface area contributed by atoms with Crippen LogP contribution in [0.1, 0.15) is 25.0 Å². The number of anilines is 3. The van der Waals surface area contributed by atoms with E-state index in [0.717, 1.165) is 44.4 Å². The van der Waals surface area contributed by atoms with Gasteiger partial charge in [0.25, 0.3) is 0 Å². The van der Waals surface area contributed by atoms with Gasteiger partial charge in [0.15, 0.2) is 5.58 Å². The van der Waals surface area contributed by atoms with E-state index in [-0.39, 0.29) is 5.41 Å². The molecule has 0 N–H and O–H groups in total. The van der Waals surface area contributed by atoms with E-state index in [1.54, 1.807) is 0 Å². The van der Waals surface area contributed by atoms with Gasteiger partial charge in [-0.3, -0.25) is 0 Å². The van der Waals surface area contributed by atoms with Crippen LogP contribution in [-0.4, -0.2) is 0 Å². The van der Waals surface area contributed by atoms with E-state index in [1.807, 2.05) is 0 Å². The number of hydrogen-bond acceptors (Lipinski definition) is 2. The number of benzene rings is 9. The molecule has 0 spiro atoms. The first-order valence-corrected chi connectivity index (χ1v) is 19.1. The minimum Gasteiger partial charge on any atom is -0.453 e. The summed E-state index contributed by atoms with van der Waals surface area (Å²) in [5.74, 6) is 0. The summed E-state index contributed by atoms with van der Waals surface area (Å²) in [6.45, 7) is 4.69. The fraction of sp³-hybridized carbons (Fsp3) is 0.0566. The number of furan rings is 1. The minimum absolute atomic E-state index is 0.0481. The fourth-order valence-electron chi connectivity index (χ4n) is 9.17. The summed E-state index contributed by atoms with van der Waals surface area (Å²) in [7, 11) is 0. The maximum Gasteiger partial charge on any atom is 0.159 e. The normalized spacial score (nSPS) is 13.1. The van der Waals surface area contributed by atoms with E-state index in [0.29, 0.717) is 0 Å². The Hall–Kier alpha value is -6.90. The maximum atomic E-state index is 6.92. The molecule has 0 saturated heterocycles. The third kappa shape index (κ3) is 4.81. The van der Waals surface area contributed by atoms with Gasteiger partial charge in [-0.25, -0.2) is 0 Å². The second kappa shape index (κ2) is 12.1. The average Bonchev–Trinajstić information content (AvgIpc) is 3.74. The zero-order chi connectivity index (χ0) is 36.7. The van der Waals surface area contributed by atoms with Gasteiger partial charge in [-0.05, 0) is 97.1 Å². The quantitative estimate of drug-likeness (QED) is 0.177. The van der Waals surface area contributed by atoms with Crippen molar-refractivity contribution in [2.45, 2.75) is 19.3 Å². The predicted molar refractivity (Wildman–Crippen MR) is 232 cm³/mol. The molecule has 1 aromatic heterocycles. The van der Waals surface area contributed by atoms with Crippen molar-refractivity contribution in [3.63, 3.8) is 0 Å². The zero-order valence-electron chi connectivity index (χ0n) is 30.8. The Morgan fingerprint density at radius 2 is 0.909 bits per heavy atom. The zero-order valence-corrected chi connectivity index (χ0v) is 30.8. The largest absolute Gasteiger partial charge is 0.453 e. The summed E-state index contributed by atoms with van der Waals surface area (Å²) in [5, 5.41) is 7.02. The van der Waals surface area contributed by atoms with Crippen LogP contribution in [0.2, 0.25) is 0 Å². The van der Waals surface area contributed by atoms with E-state index < -0.39 is 0 Å². The van der Waals surface area contributed by atoms with E-state index >= 15 is 0 Å². The fourth-order valence-corrected chi connectivity index (χ4v) is 9.17. The summed E-state index contributed by atoms with van der Waals surface area (Å²) in [6, 6.07) is 68.3. The molecular weight excluding hydrogens is 667 g/mol. The Labute approximate surface area is 320 Å². The second-order valence-corrected chi connectivity index (χ2v) is 15.3. The van der Waals surface area contributed by atoms with Crippen LogP contribution >= 0.6 is 0 Å². The van der Waals surface area contributed by atoms with Crippen LogP contribution < -0.4 is 4.90 Å². The van der Waals surface area contributed by atoms with Crippen molar-refractivity contribution in [2.24, 2.45) is 0 Å². The lowest BCUT2D eigenvalue weighted by molar-refractivity contribution is 0.660. The van der Waals surface area contributed by atoms with Crippen LogP contribution in [0.3, 0.4) is 0 Å². The van der Waals surface area contributed by atoms with Crippen molar-refractivity contribution in [1.29, 1.82) is 0 Å². The molecule has 9 aromatic carbocycles. The molecule has 11 rings (SSSR count).